The van der Waals surface area contributed by atoms with E-state index in [0.717, 1.165) is 5.56 Å². The molecule has 38 heavy (non-hydrogen) atoms. The molecular formula is C26H34N4O7S. The van der Waals surface area contributed by atoms with Crippen LogP contribution in [0.4, 0.5) is 0 Å². The third kappa shape index (κ3) is 10.0. The maximum atomic E-state index is 13.2. The number of nitrogens with one attached hydrogen (secondary N) is 3. The van der Waals surface area contributed by atoms with E-state index in [4.69, 9.17) is 5.73 Å². The molecule has 2 aromatic carbocycles. The van der Waals surface area contributed by atoms with Gasteiger partial charge in [-0.05, 0) is 48.1 Å². The first-order valence-corrected chi connectivity index (χ1v) is 13.3. The molecule has 0 heterocycles. The number of carbonyl (C=O) groups is 4. The van der Waals surface area contributed by atoms with Gasteiger partial charge in [-0.3, -0.25) is 14.4 Å². The van der Waals surface area contributed by atoms with Crippen LogP contribution in [-0.4, -0.2) is 81.8 Å². The highest BCUT2D eigenvalue weighted by atomic mass is 32.2. The van der Waals surface area contributed by atoms with Gasteiger partial charge in [-0.1, -0.05) is 42.5 Å². The number of aliphatic hydroxyl groups is 1. The van der Waals surface area contributed by atoms with Crippen LogP contribution in [-0.2, 0) is 32.0 Å². The molecule has 2 aromatic rings. The van der Waals surface area contributed by atoms with E-state index in [1.807, 2.05) is 6.26 Å². The molecule has 0 radical (unpaired) electrons. The number of hydrogen-bond acceptors (Lipinski definition) is 8. The van der Waals surface area contributed by atoms with Gasteiger partial charge in [-0.25, -0.2) is 4.79 Å². The Morgan fingerprint density at radius 1 is 0.816 bits per heavy atom. The van der Waals surface area contributed by atoms with Gasteiger partial charge in [0.1, 0.15) is 23.9 Å². The average molecular weight is 547 g/mol. The monoisotopic (exact) mass is 546 g/mol. The Labute approximate surface area is 225 Å². The molecule has 12 heteroatoms. The number of benzene rings is 2. The van der Waals surface area contributed by atoms with E-state index in [1.54, 1.807) is 42.5 Å². The highest BCUT2D eigenvalue weighted by molar-refractivity contribution is 7.98. The first kappa shape index (κ1) is 30.6. The molecule has 0 spiro atoms. The summed E-state index contributed by atoms with van der Waals surface area (Å²) in [6.45, 7) is -0.821. The Morgan fingerprint density at radius 3 is 1.95 bits per heavy atom. The quantitative estimate of drug-likeness (QED) is 0.158. The molecule has 0 saturated carbocycles. The minimum atomic E-state index is -1.54. The standard InChI is InChI=1S/C26H34N4O7S/c1-38-12-11-20(28-23(33)19(27)13-17-7-9-18(32)10-8-17)24(34)29-21(14-16-5-3-2-4-6-16)25(35)30-22(15-31)26(36)37/h2-10,19-22,31-32H,11-15,27H2,1H3,(H,28,33)(H,29,34)(H,30,35)(H,36,37). The van der Waals surface area contributed by atoms with E-state index < -0.39 is 54.5 Å². The average Bonchev–Trinajstić information content (AvgIpc) is 2.90. The fraction of sp³-hybridized carbons (Fsp3) is 0.385. The van der Waals surface area contributed by atoms with Crippen molar-refractivity contribution in [2.24, 2.45) is 5.73 Å². The molecule has 206 valence electrons. The van der Waals surface area contributed by atoms with Crippen LogP contribution < -0.4 is 21.7 Å². The fourth-order valence-corrected chi connectivity index (χ4v) is 4.02. The van der Waals surface area contributed by atoms with E-state index in [0.29, 0.717) is 11.3 Å². The number of amides is 3. The lowest BCUT2D eigenvalue weighted by Gasteiger charge is -2.25. The topological polar surface area (TPSA) is 191 Å². The third-order valence-electron chi connectivity index (χ3n) is 5.69. The Morgan fingerprint density at radius 2 is 1.37 bits per heavy atom. The second-order valence-electron chi connectivity index (χ2n) is 8.65. The summed E-state index contributed by atoms with van der Waals surface area (Å²) >= 11 is 1.47. The van der Waals surface area contributed by atoms with Gasteiger partial charge in [-0.15, -0.1) is 0 Å². The predicted molar refractivity (Wildman–Crippen MR) is 143 cm³/mol. The number of thioether (sulfide) groups is 1. The Hall–Kier alpha value is -3.61. The minimum Gasteiger partial charge on any atom is -0.508 e. The second kappa shape index (κ2) is 15.6. The molecule has 0 aromatic heterocycles. The van der Waals surface area contributed by atoms with Gasteiger partial charge in [-0.2, -0.15) is 11.8 Å². The largest absolute Gasteiger partial charge is 0.508 e. The van der Waals surface area contributed by atoms with E-state index >= 15 is 0 Å². The van der Waals surface area contributed by atoms with Crippen LogP contribution in [0.1, 0.15) is 17.5 Å². The number of aromatic hydroxyl groups is 1. The summed E-state index contributed by atoms with van der Waals surface area (Å²) in [6, 6.07) is 10.4. The normalized spacial score (nSPS) is 14.0. The van der Waals surface area contributed by atoms with E-state index in [-0.39, 0.29) is 25.0 Å². The van der Waals surface area contributed by atoms with Gasteiger partial charge >= 0.3 is 5.97 Å². The third-order valence-corrected chi connectivity index (χ3v) is 6.33. The van der Waals surface area contributed by atoms with Gasteiger partial charge < -0.3 is 37.0 Å². The molecule has 0 aliphatic rings. The van der Waals surface area contributed by atoms with Crippen LogP contribution in [0, 0.1) is 0 Å². The summed E-state index contributed by atoms with van der Waals surface area (Å²) in [5.74, 6) is -2.78. The molecule has 11 nitrogen and oxygen atoms in total. The first-order chi connectivity index (χ1) is 18.1. The zero-order valence-corrected chi connectivity index (χ0v) is 21.8. The van der Waals surface area contributed by atoms with Gasteiger partial charge in [0.15, 0.2) is 0 Å². The van der Waals surface area contributed by atoms with Crippen molar-refractivity contribution < 1.29 is 34.5 Å². The van der Waals surface area contributed by atoms with Gasteiger partial charge in [0.05, 0.1) is 12.6 Å². The lowest BCUT2D eigenvalue weighted by Crippen LogP contribution is -2.58. The first-order valence-electron chi connectivity index (χ1n) is 12.0. The number of aliphatic hydroxyl groups excluding tert-OH is 1. The van der Waals surface area contributed by atoms with Crippen molar-refractivity contribution in [1.29, 1.82) is 0 Å². The smallest absolute Gasteiger partial charge is 0.328 e. The van der Waals surface area contributed by atoms with Crippen LogP contribution in [0.25, 0.3) is 0 Å². The highest BCUT2D eigenvalue weighted by Gasteiger charge is 2.30. The number of rotatable bonds is 15. The molecular weight excluding hydrogens is 512 g/mol. The van der Waals surface area contributed by atoms with Crippen molar-refractivity contribution in [1.82, 2.24) is 16.0 Å². The summed E-state index contributed by atoms with van der Waals surface area (Å²) in [5.41, 5.74) is 7.50. The number of nitrogens with two attached hydrogens (primary N) is 1. The molecule has 4 unspecified atom stereocenters. The van der Waals surface area contributed by atoms with Gasteiger partial charge in [0.2, 0.25) is 17.7 Å². The number of phenolic OH excluding ortho intramolecular Hbond substituents is 1. The zero-order chi connectivity index (χ0) is 28.1. The number of carbonyl (C=O) groups excluding carboxylic acids is 3. The molecule has 2 rings (SSSR count). The molecule has 0 saturated heterocycles. The maximum Gasteiger partial charge on any atom is 0.328 e. The van der Waals surface area contributed by atoms with E-state index in [2.05, 4.69) is 16.0 Å². The van der Waals surface area contributed by atoms with Crippen molar-refractivity contribution in [3.63, 3.8) is 0 Å². The van der Waals surface area contributed by atoms with Gasteiger partial charge in [0.25, 0.3) is 0 Å². The summed E-state index contributed by atoms with van der Waals surface area (Å²) < 4.78 is 0. The fourth-order valence-electron chi connectivity index (χ4n) is 3.55. The molecule has 3 amide bonds. The second-order valence-corrected chi connectivity index (χ2v) is 9.64. The SMILES string of the molecule is CSCCC(NC(=O)C(N)Cc1ccc(O)cc1)C(=O)NC(Cc1ccccc1)C(=O)NC(CO)C(=O)O. The van der Waals surface area contributed by atoms with Gasteiger partial charge in [0, 0.05) is 6.42 Å². The molecule has 0 bridgehead atoms. The van der Waals surface area contributed by atoms with Crippen molar-refractivity contribution >= 4 is 35.5 Å². The predicted octanol–water partition coefficient (Wildman–Crippen LogP) is -0.211. The highest BCUT2D eigenvalue weighted by Crippen LogP contribution is 2.11. The number of carboxylic acids is 1. The molecule has 4 atom stereocenters. The van der Waals surface area contributed by atoms with E-state index in [9.17, 15) is 34.5 Å². The summed E-state index contributed by atoms with van der Waals surface area (Å²) in [4.78, 5) is 50.3. The van der Waals surface area contributed by atoms with Crippen molar-refractivity contribution in [3.8, 4) is 5.75 Å². The molecule has 0 aliphatic heterocycles. The van der Waals surface area contributed by atoms with Crippen LogP contribution in [0.3, 0.4) is 0 Å². The Balaban J connectivity index is 2.15. The van der Waals surface area contributed by atoms with Crippen molar-refractivity contribution in [3.05, 3.63) is 65.7 Å². The Kier molecular flexibility index (Phi) is 12.6. The van der Waals surface area contributed by atoms with Crippen molar-refractivity contribution in [2.75, 3.05) is 18.6 Å². The molecule has 0 fully saturated rings. The van der Waals surface area contributed by atoms with Crippen LogP contribution >= 0.6 is 11.8 Å². The number of hydrogen-bond donors (Lipinski definition) is 7. The maximum absolute atomic E-state index is 13.2. The number of phenols is 1. The van der Waals surface area contributed by atoms with Crippen molar-refractivity contribution in [2.45, 2.75) is 43.4 Å². The summed E-state index contributed by atoms with van der Waals surface area (Å²) in [5, 5.41) is 35.4. The molecule has 8 N–H and O–H groups in total. The molecule has 0 aliphatic carbocycles. The summed E-state index contributed by atoms with van der Waals surface area (Å²) in [6.07, 6.45) is 2.35. The van der Waals surface area contributed by atoms with Crippen LogP contribution in [0.5, 0.6) is 5.75 Å². The lowest BCUT2D eigenvalue weighted by atomic mass is 10.0. The zero-order valence-electron chi connectivity index (χ0n) is 21.0. The number of carboxylic acid groups (broad SMARTS) is 1. The number of aliphatic carboxylic acids is 1. The minimum absolute atomic E-state index is 0.0553. The van der Waals surface area contributed by atoms with Crippen LogP contribution in [0.15, 0.2) is 54.6 Å². The van der Waals surface area contributed by atoms with Crippen LogP contribution in [0.2, 0.25) is 0 Å². The van der Waals surface area contributed by atoms with E-state index in [1.165, 1.54) is 23.9 Å². The Bertz CT molecular complexity index is 1070. The summed E-state index contributed by atoms with van der Waals surface area (Å²) in [7, 11) is 0. The lowest BCUT2D eigenvalue weighted by molar-refractivity contribution is -0.143.